The monoisotopic (exact) mass is 850 g/mol. The van der Waals surface area contributed by atoms with E-state index < -0.39 is 0 Å². The number of hydrogen-bond donors (Lipinski definition) is 0. The summed E-state index contributed by atoms with van der Waals surface area (Å²) in [6, 6.07) is 77.8. The van der Waals surface area contributed by atoms with E-state index in [9.17, 15) is 0 Å². The van der Waals surface area contributed by atoms with Gasteiger partial charge < -0.3 is 9.80 Å². The SMILES string of the molecule is C=C.CC1C=CC(N(c2ccc(-c3cccc4ccccc34)cc2)c2ccc3c(c2)C(C)(C)c2cc(N(c4ccccc4)c4ccc(-c5ccc(-c6ccccc6)cc5)cc4)ccc2-3)=CC1. The van der Waals surface area contributed by atoms with Crippen LogP contribution in [0.1, 0.15) is 38.3 Å². The largest absolute Gasteiger partial charge is 0.311 e. The first-order valence-corrected chi connectivity index (χ1v) is 23.1. The molecule has 9 aromatic carbocycles. The minimum Gasteiger partial charge on any atom is -0.311 e. The Kier molecular flexibility index (Phi) is 11.4. The van der Waals surface area contributed by atoms with Crippen molar-refractivity contribution in [1.29, 1.82) is 0 Å². The second-order valence-electron chi connectivity index (χ2n) is 17.9. The van der Waals surface area contributed by atoms with Crippen LogP contribution in [-0.2, 0) is 5.41 Å². The van der Waals surface area contributed by atoms with Gasteiger partial charge in [-0.2, -0.15) is 0 Å². The molecule has 0 aliphatic heterocycles. The van der Waals surface area contributed by atoms with Crippen LogP contribution >= 0.6 is 0 Å². The predicted molar refractivity (Wildman–Crippen MR) is 283 cm³/mol. The molecule has 2 aliphatic carbocycles. The molecule has 11 rings (SSSR count). The van der Waals surface area contributed by atoms with Crippen LogP contribution in [0, 0.1) is 5.92 Å². The molecule has 0 amide bonds. The van der Waals surface area contributed by atoms with Crippen LogP contribution in [0.15, 0.2) is 249 Å². The summed E-state index contributed by atoms with van der Waals surface area (Å²) < 4.78 is 0. The summed E-state index contributed by atoms with van der Waals surface area (Å²) in [7, 11) is 0. The lowest BCUT2D eigenvalue weighted by Crippen LogP contribution is -2.19. The zero-order valence-corrected chi connectivity index (χ0v) is 38.0. The zero-order chi connectivity index (χ0) is 45.2. The van der Waals surface area contributed by atoms with E-state index in [0.717, 1.165) is 29.2 Å². The van der Waals surface area contributed by atoms with E-state index in [-0.39, 0.29) is 5.41 Å². The molecule has 66 heavy (non-hydrogen) atoms. The van der Waals surface area contributed by atoms with Crippen molar-refractivity contribution in [2.75, 3.05) is 9.80 Å². The van der Waals surface area contributed by atoms with Gasteiger partial charge in [0, 0.05) is 39.5 Å². The molecule has 2 aliphatic rings. The Labute approximate surface area is 390 Å². The van der Waals surface area contributed by atoms with Gasteiger partial charge in [0.2, 0.25) is 0 Å². The molecular weight excluding hydrogens is 797 g/mol. The molecule has 0 spiro atoms. The van der Waals surface area contributed by atoms with E-state index in [1.54, 1.807) is 0 Å². The van der Waals surface area contributed by atoms with Crippen molar-refractivity contribution < 1.29 is 0 Å². The number of para-hydroxylation sites is 1. The Morgan fingerprint density at radius 2 is 0.879 bits per heavy atom. The molecule has 0 N–H and O–H groups in total. The fourth-order valence-electron chi connectivity index (χ4n) is 9.90. The molecular formula is C64H54N2. The Hall–Kier alpha value is -7.94. The number of fused-ring (bicyclic) bond motifs is 4. The molecule has 2 nitrogen and oxygen atoms in total. The van der Waals surface area contributed by atoms with Crippen LogP contribution in [0.5, 0.6) is 0 Å². The van der Waals surface area contributed by atoms with E-state index in [0.29, 0.717) is 5.92 Å². The van der Waals surface area contributed by atoms with Gasteiger partial charge in [0.15, 0.2) is 0 Å². The molecule has 0 saturated carbocycles. The topological polar surface area (TPSA) is 6.48 Å². The van der Waals surface area contributed by atoms with Crippen LogP contribution < -0.4 is 9.80 Å². The molecule has 320 valence electrons. The van der Waals surface area contributed by atoms with E-state index in [1.807, 2.05) is 0 Å². The van der Waals surface area contributed by atoms with Crippen molar-refractivity contribution in [2.24, 2.45) is 5.92 Å². The summed E-state index contributed by atoms with van der Waals surface area (Å²) in [5, 5.41) is 2.53. The quantitative estimate of drug-likeness (QED) is 0.134. The summed E-state index contributed by atoms with van der Waals surface area (Å²) in [4.78, 5) is 4.83. The third-order valence-corrected chi connectivity index (χ3v) is 13.4. The maximum absolute atomic E-state index is 3.00. The summed E-state index contributed by atoms with van der Waals surface area (Å²) in [6.45, 7) is 13.1. The van der Waals surface area contributed by atoms with Gasteiger partial charge in [-0.15, -0.1) is 13.2 Å². The zero-order valence-electron chi connectivity index (χ0n) is 38.0. The highest BCUT2D eigenvalue weighted by Gasteiger charge is 2.37. The maximum Gasteiger partial charge on any atom is 0.0465 e. The van der Waals surface area contributed by atoms with Gasteiger partial charge in [0.05, 0.1) is 0 Å². The van der Waals surface area contributed by atoms with E-state index in [4.69, 9.17) is 0 Å². The fourth-order valence-corrected chi connectivity index (χ4v) is 9.90. The van der Waals surface area contributed by atoms with Gasteiger partial charge in [-0.25, -0.2) is 0 Å². The maximum atomic E-state index is 3.00. The van der Waals surface area contributed by atoms with Gasteiger partial charge >= 0.3 is 0 Å². The number of allylic oxidation sites excluding steroid dienone is 3. The lowest BCUT2D eigenvalue weighted by molar-refractivity contribution is 0.660. The van der Waals surface area contributed by atoms with Gasteiger partial charge in [-0.05, 0) is 145 Å². The number of nitrogens with zero attached hydrogens (tertiary/aromatic N) is 2. The molecule has 1 atom stereocenters. The lowest BCUT2D eigenvalue weighted by Gasteiger charge is -2.30. The molecule has 0 bridgehead atoms. The van der Waals surface area contributed by atoms with Gasteiger partial charge in [0.25, 0.3) is 0 Å². The molecule has 0 aromatic heterocycles. The van der Waals surface area contributed by atoms with Gasteiger partial charge in [-0.1, -0.05) is 185 Å². The fraction of sp³-hybridized carbons (Fsp3) is 0.0938. The smallest absolute Gasteiger partial charge is 0.0465 e. The van der Waals surface area contributed by atoms with Gasteiger partial charge in [0.1, 0.15) is 0 Å². The van der Waals surface area contributed by atoms with Crippen LogP contribution in [0.4, 0.5) is 28.4 Å². The van der Waals surface area contributed by atoms with E-state index >= 15 is 0 Å². The Bertz CT molecular complexity index is 3210. The first-order valence-electron chi connectivity index (χ1n) is 23.1. The molecule has 9 aromatic rings. The summed E-state index contributed by atoms with van der Waals surface area (Å²) in [6.07, 6.45) is 8.06. The van der Waals surface area contributed by atoms with Crippen LogP contribution in [0.3, 0.4) is 0 Å². The highest BCUT2D eigenvalue weighted by Crippen LogP contribution is 2.52. The normalized spacial score (nSPS) is 14.3. The van der Waals surface area contributed by atoms with Crippen LogP contribution in [-0.4, -0.2) is 0 Å². The molecule has 1 unspecified atom stereocenters. The Balaban J connectivity index is 0.00000252. The van der Waals surface area contributed by atoms with Crippen molar-refractivity contribution >= 4 is 39.2 Å². The number of hydrogen-bond acceptors (Lipinski definition) is 2. The Morgan fingerprint density at radius 3 is 1.47 bits per heavy atom. The average Bonchev–Trinajstić information content (AvgIpc) is 3.60. The Morgan fingerprint density at radius 1 is 0.424 bits per heavy atom. The summed E-state index contributed by atoms with van der Waals surface area (Å²) in [5.74, 6) is 0.521. The molecule has 0 saturated heterocycles. The average molecular weight is 851 g/mol. The summed E-state index contributed by atoms with van der Waals surface area (Å²) in [5.41, 5.74) is 19.3. The molecule has 2 heteroatoms. The first kappa shape index (κ1) is 42.0. The van der Waals surface area contributed by atoms with E-state index in [1.165, 1.54) is 77.8 Å². The predicted octanol–water partition coefficient (Wildman–Crippen LogP) is 18.0. The second kappa shape index (κ2) is 17.9. The van der Waals surface area contributed by atoms with E-state index in [2.05, 4.69) is 274 Å². The number of benzene rings is 9. The van der Waals surface area contributed by atoms with Crippen molar-refractivity contribution in [3.8, 4) is 44.5 Å². The minimum absolute atomic E-state index is 0.232. The standard InChI is InChI=1S/C62H50N2.C2H4/c1-43-21-31-51(32-22-43)64(53-35-29-49(30-36-53)57-20-12-16-48-15-10-11-19-56(48)57)55-38-40-59-58-39-37-54(41-60(58)62(2,3)61(59)42-55)63(50-17-8-5-9-18-50)52-33-27-47(28-34-52)46-25-23-45(24-26-46)44-13-6-4-7-14-44;1-2/h4-21,23-43H,22H2,1-3H3;1-2H2. The number of rotatable bonds is 9. The third kappa shape index (κ3) is 7.86. The lowest BCUT2D eigenvalue weighted by atomic mass is 9.82. The third-order valence-electron chi connectivity index (χ3n) is 13.4. The first-order chi connectivity index (χ1) is 32.4. The molecule has 0 heterocycles. The molecule has 0 fully saturated rings. The van der Waals surface area contributed by atoms with Crippen molar-refractivity contribution in [3.63, 3.8) is 0 Å². The second-order valence-corrected chi connectivity index (χ2v) is 17.9. The van der Waals surface area contributed by atoms with Crippen molar-refractivity contribution in [2.45, 2.75) is 32.6 Å². The van der Waals surface area contributed by atoms with Crippen molar-refractivity contribution in [1.82, 2.24) is 0 Å². The van der Waals surface area contributed by atoms with Crippen LogP contribution in [0.2, 0.25) is 0 Å². The highest BCUT2D eigenvalue weighted by atomic mass is 15.2. The summed E-state index contributed by atoms with van der Waals surface area (Å²) >= 11 is 0. The number of anilines is 5. The van der Waals surface area contributed by atoms with Crippen LogP contribution in [0.25, 0.3) is 55.3 Å². The minimum atomic E-state index is -0.232. The van der Waals surface area contributed by atoms with Gasteiger partial charge in [-0.3, -0.25) is 0 Å². The highest BCUT2D eigenvalue weighted by molar-refractivity contribution is 5.97. The van der Waals surface area contributed by atoms with Crippen molar-refractivity contribution in [3.05, 3.63) is 261 Å². The molecule has 0 radical (unpaired) electrons.